The maximum absolute atomic E-state index is 13.3. The number of hydrogen-bond donors (Lipinski definition) is 1. The lowest BCUT2D eigenvalue weighted by Gasteiger charge is -2.32. The highest BCUT2D eigenvalue weighted by Gasteiger charge is 2.32. The molecule has 1 aliphatic heterocycles. The molecule has 0 atom stereocenters. The number of alkyl halides is 3. The zero-order chi connectivity index (χ0) is 25.5. The lowest BCUT2D eigenvalue weighted by molar-refractivity contribution is -0.137. The summed E-state index contributed by atoms with van der Waals surface area (Å²) in [5.41, 5.74) is 2.00. The summed E-state index contributed by atoms with van der Waals surface area (Å²) in [6.07, 6.45) is -0.878. The summed E-state index contributed by atoms with van der Waals surface area (Å²) in [6.45, 7) is 4.60. The van der Waals surface area contributed by atoms with Crippen molar-refractivity contribution in [2.24, 2.45) is 5.92 Å². The van der Waals surface area contributed by atoms with Crippen molar-refractivity contribution in [2.75, 3.05) is 19.7 Å². The van der Waals surface area contributed by atoms with Gasteiger partial charge in [-0.1, -0.05) is 23.2 Å². The predicted octanol–water partition coefficient (Wildman–Crippen LogP) is 6.10. The molecule has 5 nitrogen and oxygen atoms in total. The summed E-state index contributed by atoms with van der Waals surface area (Å²) in [4.78, 5) is 19.5. The number of nitrogens with zero attached hydrogens (tertiary/aromatic N) is 3. The van der Waals surface area contributed by atoms with Crippen LogP contribution in [-0.2, 0) is 12.6 Å². The van der Waals surface area contributed by atoms with Crippen LogP contribution in [-0.4, -0.2) is 45.0 Å². The minimum absolute atomic E-state index is 0.143. The third-order valence-corrected chi connectivity index (χ3v) is 7.55. The largest absolute Gasteiger partial charge is 0.417 e. The minimum atomic E-state index is -4.47. The Labute approximate surface area is 211 Å². The van der Waals surface area contributed by atoms with Gasteiger partial charge in [-0.3, -0.25) is 4.79 Å². The van der Waals surface area contributed by atoms with Gasteiger partial charge in [0.1, 0.15) is 5.65 Å². The van der Waals surface area contributed by atoms with Gasteiger partial charge in [0.2, 0.25) is 0 Å². The number of rotatable bonds is 5. The molecule has 1 amide bonds. The van der Waals surface area contributed by atoms with Crippen LogP contribution in [0.3, 0.4) is 0 Å². The quantitative estimate of drug-likeness (QED) is 0.436. The minimum Gasteiger partial charge on any atom is -0.396 e. The number of aryl methyl sites for hydroxylation is 2. The van der Waals surface area contributed by atoms with Crippen LogP contribution in [0.5, 0.6) is 0 Å². The number of aliphatic hydroxyl groups is 1. The molecule has 0 radical (unpaired) electrons. The molecule has 0 aliphatic carbocycles. The van der Waals surface area contributed by atoms with E-state index in [4.69, 9.17) is 28.3 Å². The van der Waals surface area contributed by atoms with E-state index in [2.05, 4.69) is 4.98 Å². The van der Waals surface area contributed by atoms with Crippen LogP contribution in [0.25, 0.3) is 5.65 Å². The Bertz CT molecular complexity index is 1270. The zero-order valence-electron chi connectivity index (χ0n) is 19.4. The van der Waals surface area contributed by atoms with Gasteiger partial charge in [-0.25, -0.2) is 4.98 Å². The Morgan fingerprint density at radius 2 is 1.89 bits per heavy atom. The van der Waals surface area contributed by atoms with Gasteiger partial charge < -0.3 is 14.4 Å². The molecule has 1 N–H and O–H groups in total. The molecule has 3 aromatic rings. The van der Waals surface area contributed by atoms with Crippen molar-refractivity contribution in [3.63, 3.8) is 0 Å². The Morgan fingerprint density at radius 3 is 2.51 bits per heavy atom. The van der Waals surface area contributed by atoms with Crippen LogP contribution >= 0.6 is 23.2 Å². The molecule has 4 rings (SSSR count). The average Bonchev–Trinajstić information content (AvgIpc) is 3.12. The highest BCUT2D eigenvalue weighted by Crippen LogP contribution is 2.34. The highest BCUT2D eigenvalue weighted by atomic mass is 35.5. The number of carbonyl (C=O) groups is 1. The van der Waals surface area contributed by atoms with Gasteiger partial charge in [-0.2, -0.15) is 13.2 Å². The number of pyridine rings is 1. The van der Waals surface area contributed by atoms with E-state index in [9.17, 15) is 18.0 Å². The summed E-state index contributed by atoms with van der Waals surface area (Å²) in [5.74, 6) is 0.215. The smallest absolute Gasteiger partial charge is 0.396 e. The zero-order valence-corrected chi connectivity index (χ0v) is 20.9. The van der Waals surface area contributed by atoms with Crippen LogP contribution in [0.4, 0.5) is 13.2 Å². The van der Waals surface area contributed by atoms with Crippen LogP contribution < -0.4 is 0 Å². The summed E-state index contributed by atoms with van der Waals surface area (Å²) in [6, 6.07) is 4.30. The average molecular weight is 528 g/mol. The third-order valence-electron chi connectivity index (χ3n) is 6.77. The number of aromatic nitrogens is 2. The molecule has 10 heteroatoms. The lowest BCUT2D eigenvalue weighted by Crippen LogP contribution is -2.38. The van der Waals surface area contributed by atoms with Gasteiger partial charge >= 0.3 is 6.18 Å². The standard InChI is InChI=1S/C25H26Cl2F3N3O2/c1-14-11-17(25(28,29)30)13-33-15(2)21(31-23(14)33)12-19-20(26)4-3-18(22(19)27)24(35)32-8-5-16(6-9-32)7-10-34/h3-4,11,13,16,34H,5-10,12H2,1-2H3. The van der Waals surface area contributed by atoms with E-state index in [1.54, 1.807) is 30.9 Å². The van der Waals surface area contributed by atoms with E-state index in [0.29, 0.717) is 57.8 Å². The second-order valence-corrected chi connectivity index (χ2v) is 9.84. The lowest BCUT2D eigenvalue weighted by atomic mass is 9.93. The van der Waals surface area contributed by atoms with Gasteiger partial charge in [-0.05, 0) is 68.4 Å². The number of aliphatic hydroxyl groups excluding tert-OH is 1. The van der Waals surface area contributed by atoms with Gasteiger partial charge in [0.05, 0.1) is 21.8 Å². The summed E-state index contributed by atoms with van der Waals surface area (Å²) in [5, 5.41) is 9.73. The van der Waals surface area contributed by atoms with E-state index >= 15 is 0 Å². The second-order valence-electron chi connectivity index (χ2n) is 9.06. The SMILES string of the molecule is Cc1cc(C(F)(F)F)cn2c(C)c(Cc3c(Cl)ccc(C(=O)N4CCC(CCO)CC4)c3Cl)nc12. The van der Waals surface area contributed by atoms with E-state index in [1.807, 2.05) is 0 Å². The molecule has 1 fully saturated rings. The van der Waals surface area contributed by atoms with Gasteiger partial charge in [0.15, 0.2) is 0 Å². The fraction of sp³-hybridized carbons (Fsp3) is 0.440. The Morgan fingerprint density at radius 1 is 1.20 bits per heavy atom. The first-order valence-corrected chi connectivity index (χ1v) is 12.2. The maximum atomic E-state index is 13.3. The van der Waals surface area contributed by atoms with Crippen molar-refractivity contribution in [3.05, 3.63) is 68.1 Å². The number of piperidine rings is 1. The number of halogens is 5. The number of amides is 1. The topological polar surface area (TPSA) is 57.8 Å². The van der Waals surface area contributed by atoms with E-state index < -0.39 is 11.7 Å². The van der Waals surface area contributed by atoms with Gasteiger partial charge in [0.25, 0.3) is 5.91 Å². The summed E-state index contributed by atoms with van der Waals surface area (Å²) < 4.78 is 41.3. The molecular formula is C25H26Cl2F3N3O2. The molecule has 35 heavy (non-hydrogen) atoms. The molecule has 3 heterocycles. The highest BCUT2D eigenvalue weighted by molar-refractivity contribution is 6.38. The van der Waals surface area contributed by atoms with Crippen LogP contribution in [0.2, 0.25) is 10.0 Å². The monoisotopic (exact) mass is 527 g/mol. The van der Waals surface area contributed by atoms with E-state index in [0.717, 1.165) is 31.5 Å². The first-order chi connectivity index (χ1) is 16.5. The normalized spacial score (nSPS) is 15.3. The fourth-order valence-electron chi connectivity index (χ4n) is 4.66. The second kappa shape index (κ2) is 9.99. The first-order valence-electron chi connectivity index (χ1n) is 11.4. The van der Waals surface area contributed by atoms with Gasteiger partial charge in [-0.15, -0.1) is 0 Å². The number of likely N-dealkylation sites (tertiary alicyclic amines) is 1. The molecule has 0 spiro atoms. The first kappa shape index (κ1) is 25.8. The van der Waals surface area contributed by atoms with E-state index in [1.165, 1.54) is 4.40 Å². The Kier molecular flexibility index (Phi) is 7.36. The molecule has 1 aliphatic rings. The Hall–Kier alpha value is -2.29. The maximum Gasteiger partial charge on any atom is 0.417 e. The Balaban J connectivity index is 1.64. The third kappa shape index (κ3) is 5.15. The number of fused-ring (bicyclic) bond motifs is 1. The van der Waals surface area contributed by atoms with Crippen molar-refractivity contribution in [1.82, 2.24) is 14.3 Å². The van der Waals surface area contributed by atoms with Crippen molar-refractivity contribution in [1.29, 1.82) is 0 Å². The van der Waals surface area contributed by atoms with Crippen LogP contribution in [0.1, 0.15) is 57.7 Å². The molecular weight excluding hydrogens is 502 g/mol. The summed E-state index contributed by atoms with van der Waals surface area (Å²) in [7, 11) is 0. The number of benzene rings is 1. The predicted molar refractivity (Wildman–Crippen MR) is 129 cm³/mol. The molecule has 0 saturated carbocycles. The molecule has 1 aromatic carbocycles. The van der Waals surface area contributed by atoms with E-state index in [-0.39, 0.29) is 24.0 Å². The molecule has 2 aromatic heterocycles. The van der Waals surface area contributed by atoms with Gasteiger partial charge in [0, 0.05) is 43.0 Å². The van der Waals surface area contributed by atoms with Crippen molar-refractivity contribution in [2.45, 2.75) is 45.7 Å². The molecule has 0 unspecified atom stereocenters. The number of carbonyl (C=O) groups excluding carboxylic acids is 1. The number of hydrogen-bond acceptors (Lipinski definition) is 3. The molecule has 0 bridgehead atoms. The van der Waals surface area contributed by atoms with Crippen molar-refractivity contribution >= 4 is 34.8 Å². The number of imidazole rings is 1. The van der Waals surface area contributed by atoms with Crippen molar-refractivity contribution < 1.29 is 23.1 Å². The van der Waals surface area contributed by atoms with Crippen LogP contribution in [0, 0.1) is 19.8 Å². The molecule has 1 saturated heterocycles. The van der Waals surface area contributed by atoms with Crippen LogP contribution in [0.15, 0.2) is 24.4 Å². The fourth-order valence-corrected chi connectivity index (χ4v) is 5.25. The summed E-state index contributed by atoms with van der Waals surface area (Å²) >= 11 is 13.1. The molecule has 188 valence electrons. The van der Waals surface area contributed by atoms with Crippen molar-refractivity contribution in [3.8, 4) is 0 Å².